The first-order valence-electron chi connectivity index (χ1n) is 10.7. The Hall–Kier alpha value is -3.60. The molecule has 0 saturated carbocycles. The van der Waals surface area contributed by atoms with Crippen LogP contribution in [0.15, 0.2) is 78.9 Å². The number of carbonyl (C=O) groups is 2. The third kappa shape index (κ3) is 4.94. The monoisotopic (exact) mass is 413 g/mol. The van der Waals surface area contributed by atoms with Crippen molar-refractivity contribution >= 4 is 23.3 Å². The van der Waals surface area contributed by atoms with Gasteiger partial charge in [-0.1, -0.05) is 67.6 Å². The molecule has 0 spiro atoms. The molecule has 0 saturated heterocycles. The van der Waals surface area contributed by atoms with Crippen molar-refractivity contribution in [3.63, 3.8) is 0 Å². The van der Waals surface area contributed by atoms with Gasteiger partial charge in [-0.3, -0.25) is 4.79 Å². The maximum atomic E-state index is 13.5. The zero-order valence-corrected chi connectivity index (χ0v) is 17.7. The van der Waals surface area contributed by atoms with Crippen molar-refractivity contribution in [1.82, 2.24) is 5.32 Å². The van der Waals surface area contributed by atoms with Crippen LogP contribution in [0.5, 0.6) is 0 Å². The van der Waals surface area contributed by atoms with E-state index >= 15 is 0 Å². The van der Waals surface area contributed by atoms with Crippen LogP contribution in [0.2, 0.25) is 0 Å². The van der Waals surface area contributed by atoms with Gasteiger partial charge in [0.1, 0.15) is 6.04 Å². The minimum Gasteiger partial charge on any atom is -0.326 e. The fourth-order valence-electron chi connectivity index (χ4n) is 3.95. The molecule has 0 fully saturated rings. The number of fused-ring (bicyclic) bond motifs is 1. The second-order valence-electron chi connectivity index (χ2n) is 7.76. The normalized spacial score (nSPS) is 13.4. The largest absolute Gasteiger partial charge is 0.326 e. The highest BCUT2D eigenvalue weighted by molar-refractivity contribution is 6.02. The molecule has 5 nitrogen and oxygen atoms in total. The second-order valence-corrected chi connectivity index (χ2v) is 7.76. The summed E-state index contributed by atoms with van der Waals surface area (Å²) in [6.07, 6.45) is 2.20. The molecule has 1 aliphatic heterocycles. The summed E-state index contributed by atoms with van der Waals surface area (Å²) in [5, 5.41) is 5.76. The molecule has 3 aromatic carbocycles. The standard InChI is InChI=1S/C26H27N3O2/c1-2-19-12-14-22(15-13-19)27-26(31)28-23(18-20-8-4-3-5-9-20)25(30)29-17-16-21-10-6-7-11-24(21)29/h3-15,23H,2,16-18H2,1H3,(H2,27,28,31)/t23-/m1/s1. The molecule has 1 heterocycles. The first kappa shape index (κ1) is 20.7. The lowest BCUT2D eigenvalue weighted by molar-refractivity contribution is -0.120. The minimum absolute atomic E-state index is 0.0923. The quantitative estimate of drug-likeness (QED) is 0.622. The summed E-state index contributed by atoms with van der Waals surface area (Å²) in [6.45, 7) is 2.72. The number of benzene rings is 3. The molecule has 1 atom stereocenters. The Balaban J connectivity index is 1.51. The molecule has 0 unspecified atom stereocenters. The van der Waals surface area contributed by atoms with Crippen LogP contribution in [-0.2, 0) is 24.1 Å². The first-order valence-corrected chi connectivity index (χ1v) is 10.7. The molecule has 0 radical (unpaired) electrons. The van der Waals surface area contributed by atoms with Gasteiger partial charge in [0.05, 0.1) is 0 Å². The molecular weight excluding hydrogens is 386 g/mol. The Labute approximate surface area is 183 Å². The first-order chi connectivity index (χ1) is 15.1. The number of rotatable bonds is 6. The summed E-state index contributed by atoms with van der Waals surface area (Å²) in [4.78, 5) is 28.0. The molecule has 0 aliphatic carbocycles. The van der Waals surface area contributed by atoms with E-state index in [-0.39, 0.29) is 11.9 Å². The lowest BCUT2D eigenvalue weighted by Crippen LogP contribution is -2.50. The molecule has 3 amide bonds. The summed E-state index contributed by atoms with van der Waals surface area (Å²) < 4.78 is 0. The van der Waals surface area contributed by atoms with Crippen molar-refractivity contribution in [2.45, 2.75) is 32.2 Å². The van der Waals surface area contributed by atoms with Crippen molar-refractivity contribution in [2.24, 2.45) is 0 Å². The average Bonchev–Trinajstić information content (AvgIpc) is 3.23. The molecule has 158 valence electrons. The van der Waals surface area contributed by atoms with Crippen LogP contribution in [-0.4, -0.2) is 24.5 Å². The number of para-hydroxylation sites is 1. The van der Waals surface area contributed by atoms with Crippen LogP contribution in [0.1, 0.15) is 23.6 Å². The number of amides is 3. The van der Waals surface area contributed by atoms with Crippen LogP contribution in [0.3, 0.4) is 0 Å². The van der Waals surface area contributed by atoms with E-state index in [0.29, 0.717) is 18.7 Å². The summed E-state index contributed by atoms with van der Waals surface area (Å²) in [5.74, 6) is -0.0923. The van der Waals surface area contributed by atoms with Gasteiger partial charge in [0.2, 0.25) is 5.91 Å². The molecule has 4 rings (SSSR count). The van der Waals surface area contributed by atoms with E-state index in [4.69, 9.17) is 0 Å². The van der Waals surface area contributed by atoms with Crippen molar-refractivity contribution in [1.29, 1.82) is 0 Å². The van der Waals surface area contributed by atoms with Gasteiger partial charge in [0.25, 0.3) is 0 Å². The number of aryl methyl sites for hydroxylation is 1. The van der Waals surface area contributed by atoms with Crippen molar-refractivity contribution in [2.75, 3.05) is 16.8 Å². The molecule has 0 bridgehead atoms. The lowest BCUT2D eigenvalue weighted by atomic mass is 10.0. The Bertz CT molecular complexity index is 1050. The van der Waals surface area contributed by atoms with Gasteiger partial charge < -0.3 is 15.5 Å². The van der Waals surface area contributed by atoms with E-state index in [2.05, 4.69) is 23.6 Å². The SMILES string of the molecule is CCc1ccc(NC(=O)N[C@H](Cc2ccccc2)C(=O)N2CCc3ccccc32)cc1. The van der Waals surface area contributed by atoms with E-state index in [9.17, 15) is 9.59 Å². The van der Waals surface area contributed by atoms with Gasteiger partial charge >= 0.3 is 6.03 Å². The number of carbonyl (C=O) groups excluding carboxylic acids is 2. The van der Waals surface area contributed by atoms with Crippen molar-refractivity contribution < 1.29 is 9.59 Å². The molecule has 1 aliphatic rings. The molecular formula is C26H27N3O2. The second kappa shape index (κ2) is 9.47. The van der Waals surface area contributed by atoms with Crippen molar-refractivity contribution in [3.05, 3.63) is 95.6 Å². The highest BCUT2D eigenvalue weighted by Crippen LogP contribution is 2.28. The lowest BCUT2D eigenvalue weighted by Gasteiger charge is -2.25. The maximum absolute atomic E-state index is 13.5. The Morgan fingerprint density at radius 3 is 2.35 bits per heavy atom. The van der Waals surface area contributed by atoms with E-state index in [1.165, 1.54) is 5.56 Å². The zero-order chi connectivity index (χ0) is 21.6. The van der Waals surface area contributed by atoms with Gasteiger partial charge in [-0.05, 0) is 47.7 Å². The molecule has 5 heteroatoms. The third-order valence-electron chi connectivity index (χ3n) is 5.66. The number of nitrogens with zero attached hydrogens (tertiary/aromatic N) is 1. The molecule has 2 N–H and O–H groups in total. The van der Waals surface area contributed by atoms with Crippen LogP contribution in [0, 0.1) is 0 Å². The Morgan fingerprint density at radius 2 is 1.61 bits per heavy atom. The Kier molecular flexibility index (Phi) is 6.32. The highest BCUT2D eigenvalue weighted by Gasteiger charge is 2.31. The number of nitrogens with one attached hydrogen (secondary N) is 2. The third-order valence-corrected chi connectivity index (χ3v) is 5.66. The maximum Gasteiger partial charge on any atom is 0.319 e. The van der Waals surface area contributed by atoms with Crippen LogP contribution < -0.4 is 15.5 Å². The van der Waals surface area contributed by atoms with Crippen LogP contribution in [0.25, 0.3) is 0 Å². The average molecular weight is 414 g/mol. The molecule has 0 aromatic heterocycles. The van der Waals surface area contributed by atoms with E-state index in [1.54, 1.807) is 4.90 Å². The fraction of sp³-hybridized carbons (Fsp3) is 0.231. The van der Waals surface area contributed by atoms with Gasteiger partial charge in [-0.25, -0.2) is 4.79 Å². The van der Waals surface area contributed by atoms with Gasteiger partial charge in [-0.15, -0.1) is 0 Å². The van der Waals surface area contributed by atoms with Gasteiger partial charge in [0, 0.05) is 24.3 Å². The van der Waals surface area contributed by atoms with E-state index < -0.39 is 6.04 Å². The number of urea groups is 1. The number of anilines is 2. The minimum atomic E-state index is -0.663. The van der Waals surface area contributed by atoms with Crippen molar-refractivity contribution in [3.8, 4) is 0 Å². The predicted octanol–water partition coefficient (Wildman–Crippen LogP) is 4.57. The van der Waals surface area contributed by atoms with Crippen LogP contribution >= 0.6 is 0 Å². The summed E-state index contributed by atoms with van der Waals surface area (Å²) in [6, 6.07) is 24.4. The summed E-state index contributed by atoms with van der Waals surface area (Å²) in [7, 11) is 0. The Morgan fingerprint density at radius 1 is 0.903 bits per heavy atom. The smallest absolute Gasteiger partial charge is 0.319 e. The zero-order valence-electron chi connectivity index (χ0n) is 17.7. The number of hydrogen-bond donors (Lipinski definition) is 2. The number of hydrogen-bond acceptors (Lipinski definition) is 2. The topological polar surface area (TPSA) is 61.4 Å². The van der Waals surface area contributed by atoms with E-state index in [1.807, 2.05) is 72.8 Å². The highest BCUT2D eigenvalue weighted by atomic mass is 16.2. The molecule has 31 heavy (non-hydrogen) atoms. The molecule has 3 aromatic rings. The van der Waals surface area contributed by atoms with Crippen LogP contribution in [0.4, 0.5) is 16.2 Å². The predicted molar refractivity (Wildman–Crippen MR) is 124 cm³/mol. The van der Waals surface area contributed by atoms with Gasteiger partial charge in [0.15, 0.2) is 0 Å². The summed E-state index contributed by atoms with van der Waals surface area (Å²) >= 11 is 0. The van der Waals surface area contributed by atoms with E-state index in [0.717, 1.165) is 29.7 Å². The van der Waals surface area contributed by atoms with Gasteiger partial charge in [-0.2, -0.15) is 0 Å². The summed E-state index contributed by atoms with van der Waals surface area (Å²) in [5.41, 5.74) is 5.00. The fourth-order valence-corrected chi connectivity index (χ4v) is 3.95.